The highest BCUT2D eigenvalue weighted by Crippen LogP contribution is 2.42. The van der Waals surface area contributed by atoms with Crippen molar-refractivity contribution in [3.8, 4) is 11.5 Å². The Balaban J connectivity index is 1.89. The van der Waals surface area contributed by atoms with E-state index in [4.69, 9.17) is 5.73 Å². The molecule has 0 saturated carbocycles. The van der Waals surface area contributed by atoms with Crippen LogP contribution >= 0.6 is 0 Å². The summed E-state index contributed by atoms with van der Waals surface area (Å²) in [6.45, 7) is 1.60. The monoisotopic (exact) mass is 296 g/mol. The summed E-state index contributed by atoms with van der Waals surface area (Å²) < 4.78 is 47.9. The highest BCUT2D eigenvalue weighted by molar-refractivity contribution is 5.74. The zero-order valence-corrected chi connectivity index (χ0v) is 10.9. The quantitative estimate of drug-likeness (QED) is 0.828. The van der Waals surface area contributed by atoms with E-state index in [-0.39, 0.29) is 17.2 Å². The van der Waals surface area contributed by atoms with Gasteiger partial charge >= 0.3 is 6.29 Å². The molecule has 0 radical (unpaired) electrons. The topological polar surface area (TPSA) is 56.5 Å². The fraction of sp³-hybridized carbons (Fsp3) is 0.143. The van der Waals surface area contributed by atoms with Crippen LogP contribution in [0, 0.1) is 12.7 Å². The van der Waals surface area contributed by atoms with Crippen molar-refractivity contribution >= 4 is 17.1 Å². The Bertz CT molecular complexity index is 720. The molecule has 0 unspecified atom stereocenters. The fourth-order valence-corrected chi connectivity index (χ4v) is 1.99. The minimum Gasteiger partial charge on any atom is -0.397 e. The normalized spacial score (nSPS) is 15.0. The Morgan fingerprint density at radius 1 is 1.10 bits per heavy atom. The second-order valence-corrected chi connectivity index (χ2v) is 4.64. The maximum Gasteiger partial charge on any atom is 0.586 e. The molecule has 2 aromatic rings. The van der Waals surface area contributed by atoms with Crippen LogP contribution in [-0.4, -0.2) is 6.29 Å². The summed E-state index contributed by atoms with van der Waals surface area (Å²) in [6.07, 6.45) is -3.66. The van der Waals surface area contributed by atoms with Crippen molar-refractivity contribution in [3.05, 3.63) is 41.7 Å². The third kappa shape index (κ3) is 2.54. The molecule has 0 fully saturated rings. The molecule has 1 heterocycles. The predicted molar refractivity (Wildman–Crippen MR) is 71.5 cm³/mol. The van der Waals surface area contributed by atoms with Gasteiger partial charge in [0, 0.05) is 11.8 Å². The molecule has 21 heavy (non-hydrogen) atoms. The van der Waals surface area contributed by atoms with Crippen LogP contribution in [-0.2, 0) is 0 Å². The molecular formula is C14H11F3N2O2. The van der Waals surface area contributed by atoms with Crippen molar-refractivity contribution in [1.82, 2.24) is 0 Å². The number of halogens is 3. The van der Waals surface area contributed by atoms with Gasteiger partial charge in [-0.25, -0.2) is 4.39 Å². The van der Waals surface area contributed by atoms with Gasteiger partial charge in [0.2, 0.25) is 0 Å². The first-order valence-corrected chi connectivity index (χ1v) is 6.06. The zero-order valence-electron chi connectivity index (χ0n) is 10.9. The first kappa shape index (κ1) is 13.4. The summed E-state index contributed by atoms with van der Waals surface area (Å²) in [4.78, 5) is 0. The van der Waals surface area contributed by atoms with Crippen molar-refractivity contribution in [2.75, 3.05) is 11.1 Å². The van der Waals surface area contributed by atoms with Gasteiger partial charge in [0.25, 0.3) is 0 Å². The lowest BCUT2D eigenvalue weighted by Crippen LogP contribution is -2.25. The van der Waals surface area contributed by atoms with Gasteiger partial charge in [-0.2, -0.15) is 0 Å². The van der Waals surface area contributed by atoms with Gasteiger partial charge in [0.15, 0.2) is 11.5 Å². The average molecular weight is 296 g/mol. The lowest BCUT2D eigenvalue weighted by Gasteiger charge is -2.11. The van der Waals surface area contributed by atoms with Crippen LogP contribution in [0.15, 0.2) is 30.3 Å². The Labute approximate surface area is 118 Å². The third-order valence-corrected chi connectivity index (χ3v) is 3.01. The van der Waals surface area contributed by atoms with E-state index in [9.17, 15) is 13.2 Å². The van der Waals surface area contributed by atoms with Gasteiger partial charge in [0.1, 0.15) is 5.82 Å². The number of nitrogens with one attached hydrogen (secondary N) is 1. The summed E-state index contributed by atoms with van der Waals surface area (Å²) in [7, 11) is 0. The number of hydrogen-bond donors (Lipinski definition) is 2. The molecule has 1 aliphatic heterocycles. The molecule has 0 amide bonds. The lowest BCUT2D eigenvalue weighted by molar-refractivity contribution is -0.286. The minimum atomic E-state index is -3.66. The molecule has 3 N–H and O–H groups in total. The molecule has 3 rings (SSSR count). The van der Waals surface area contributed by atoms with Crippen LogP contribution in [0.5, 0.6) is 11.5 Å². The number of aryl methyl sites for hydroxylation is 1. The summed E-state index contributed by atoms with van der Waals surface area (Å²) in [5.41, 5.74) is 7.28. The molecule has 0 bridgehead atoms. The standard InChI is InChI=1S/C14H11F3N2O2/c1-7-4-11(10(18)6-9(7)15)19-8-2-3-12-13(5-8)21-14(16,17)20-12/h2-6,19H,18H2,1H3. The highest BCUT2D eigenvalue weighted by Gasteiger charge is 2.43. The van der Waals surface area contributed by atoms with E-state index in [0.717, 1.165) is 0 Å². The number of hydrogen-bond acceptors (Lipinski definition) is 4. The number of benzene rings is 2. The van der Waals surface area contributed by atoms with Crippen molar-refractivity contribution in [1.29, 1.82) is 0 Å². The van der Waals surface area contributed by atoms with Crippen LogP contribution in [0.25, 0.3) is 0 Å². The SMILES string of the molecule is Cc1cc(Nc2ccc3c(c2)OC(F)(F)O3)c(N)cc1F. The summed E-state index contributed by atoms with van der Waals surface area (Å²) in [5, 5.41) is 2.93. The highest BCUT2D eigenvalue weighted by atomic mass is 19.3. The van der Waals surface area contributed by atoms with Crippen molar-refractivity contribution in [2.24, 2.45) is 0 Å². The summed E-state index contributed by atoms with van der Waals surface area (Å²) >= 11 is 0. The number of anilines is 3. The Kier molecular flexibility index (Phi) is 2.86. The second-order valence-electron chi connectivity index (χ2n) is 4.64. The molecule has 0 aliphatic carbocycles. The van der Waals surface area contributed by atoms with Crippen LogP contribution < -0.4 is 20.5 Å². The number of rotatable bonds is 2. The Morgan fingerprint density at radius 3 is 2.57 bits per heavy atom. The van der Waals surface area contributed by atoms with E-state index in [2.05, 4.69) is 14.8 Å². The van der Waals surface area contributed by atoms with Crippen molar-refractivity contribution < 1.29 is 22.6 Å². The number of nitrogens with two attached hydrogens (primary N) is 1. The molecule has 0 spiro atoms. The van der Waals surface area contributed by atoms with Crippen LogP contribution in [0.3, 0.4) is 0 Å². The van der Waals surface area contributed by atoms with E-state index in [0.29, 0.717) is 16.9 Å². The van der Waals surface area contributed by atoms with Crippen LogP contribution in [0.4, 0.5) is 30.2 Å². The molecule has 1 aliphatic rings. The molecule has 4 nitrogen and oxygen atoms in total. The second kappa shape index (κ2) is 4.47. The first-order chi connectivity index (χ1) is 9.84. The minimum absolute atomic E-state index is 0.0474. The summed E-state index contributed by atoms with van der Waals surface area (Å²) in [5.74, 6) is -0.542. The first-order valence-electron chi connectivity index (χ1n) is 6.06. The smallest absolute Gasteiger partial charge is 0.397 e. The van der Waals surface area contributed by atoms with E-state index < -0.39 is 12.1 Å². The molecule has 2 aromatic carbocycles. The average Bonchev–Trinajstić information content (AvgIpc) is 2.69. The van der Waals surface area contributed by atoms with Gasteiger partial charge in [-0.15, -0.1) is 8.78 Å². The third-order valence-electron chi connectivity index (χ3n) is 3.01. The maximum absolute atomic E-state index is 13.3. The molecule has 0 aromatic heterocycles. The van der Waals surface area contributed by atoms with Gasteiger partial charge in [0.05, 0.1) is 11.4 Å². The Hall–Kier alpha value is -2.57. The van der Waals surface area contributed by atoms with Gasteiger partial charge in [-0.05, 0) is 36.8 Å². The predicted octanol–water partition coefficient (Wildman–Crippen LogP) is 3.78. The number of fused-ring (bicyclic) bond motifs is 1. The molecule has 0 atom stereocenters. The van der Waals surface area contributed by atoms with Gasteiger partial charge < -0.3 is 20.5 Å². The van der Waals surface area contributed by atoms with E-state index in [1.807, 2.05) is 0 Å². The molecule has 7 heteroatoms. The van der Waals surface area contributed by atoms with E-state index in [1.165, 1.54) is 30.3 Å². The molecule has 0 saturated heterocycles. The molecule has 110 valence electrons. The maximum atomic E-state index is 13.3. The van der Waals surface area contributed by atoms with E-state index in [1.54, 1.807) is 6.92 Å². The van der Waals surface area contributed by atoms with Crippen LogP contribution in [0.1, 0.15) is 5.56 Å². The van der Waals surface area contributed by atoms with Crippen LogP contribution in [0.2, 0.25) is 0 Å². The van der Waals surface area contributed by atoms with Crippen molar-refractivity contribution in [3.63, 3.8) is 0 Å². The largest absolute Gasteiger partial charge is 0.586 e. The lowest BCUT2D eigenvalue weighted by atomic mass is 10.1. The molecular weight excluding hydrogens is 285 g/mol. The zero-order chi connectivity index (χ0) is 15.2. The van der Waals surface area contributed by atoms with Gasteiger partial charge in [-0.1, -0.05) is 0 Å². The number of alkyl halides is 2. The Morgan fingerprint density at radius 2 is 1.81 bits per heavy atom. The number of ether oxygens (including phenoxy) is 2. The van der Waals surface area contributed by atoms with E-state index >= 15 is 0 Å². The fourth-order valence-electron chi connectivity index (χ4n) is 1.99. The summed E-state index contributed by atoms with van der Waals surface area (Å²) in [6, 6.07) is 6.96. The van der Waals surface area contributed by atoms with Gasteiger partial charge in [-0.3, -0.25) is 0 Å². The number of nitrogen functional groups attached to an aromatic ring is 1. The van der Waals surface area contributed by atoms with Crippen molar-refractivity contribution in [2.45, 2.75) is 13.2 Å².